The number of thiazole rings is 1. The van der Waals surface area contributed by atoms with Gasteiger partial charge in [0, 0.05) is 48.8 Å². The lowest BCUT2D eigenvalue weighted by molar-refractivity contribution is 0.0590. The number of rotatable bonds is 6. The molecule has 4 rings (SSSR count). The predicted molar refractivity (Wildman–Crippen MR) is 98.3 cm³/mol. The topological polar surface area (TPSA) is 43.2 Å². The minimum absolute atomic E-state index is 0.341. The van der Waals surface area contributed by atoms with Crippen LogP contribution in [0.3, 0.4) is 0 Å². The molecule has 0 unspecified atom stereocenters. The van der Waals surface area contributed by atoms with E-state index >= 15 is 0 Å². The van der Waals surface area contributed by atoms with Gasteiger partial charge in [-0.3, -0.25) is 9.88 Å². The van der Waals surface area contributed by atoms with E-state index in [1.807, 2.05) is 30.0 Å². The summed E-state index contributed by atoms with van der Waals surface area (Å²) in [7, 11) is 0. The molecule has 0 radical (unpaired) electrons. The van der Waals surface area contributed by atoms with Gasteiger partial charge in [-0.15, -0.1) is 11.3 Å². The Labute approximate surface area is 151 Å². The number of ether oxygens (including phenoxy) is 1. The van der Waals surface area contributed by atoms with Crippen molar-refractivity contribution in [3.63, 3.8) is 0 Å². The van der Waals surface area contributed by atoms with Gasteiger partial charge >= 0.3 is 0 Å². The van der Waals surface area contributed by atoms with Gasteiger partial charge in [0.05, 0.1) is 30.5 Å². The molecule has 0 saturated carbocycles. The van der Waals surface area contributed by atoms with E-state index in [0.717, 1.165) is 30.9 Å². The SMILES string of the molecule is Cc1ncsc1CN1Cc2cccn2[C@@H](COCc2ccncc2)C1. The van der Waals surface area contributed by atoms with Gasteiger partial charge in [0.1, 0.15) is 0 Å². The molecule has 1 aliphatic rings. The normalized spacial score (nSPS) is 17.6. The number of nitrogens with zero attached hydrogens (tertiary/aromatic N) is 4. The highest BCUT2D eigenvalue weighted by molar-refractivity contribution is 7.09. The van der Waals surface area contributed by atoms with Gasteiger partial charge in [-0.05, 0) is 36.8 Å². The molecule has 6 heteroatoms. The summed E-state index contributed by atoms with van der Waals surface area (Å²) < 4.78 is 8.37. The fourth-order valence-corrected chi connectivity index (χ4v) is 4.14. The van der Waals surface area contributed by atoms with Crippen LogP contribution in [-0.4, -0.2) is 32.6 Å². The molecule has 3 aromatic rings. The summed E-state index contributed by atoms with van der Waals surface area (Å²) in [6, 6.07) is 8.68. The van der Waals surface area contributed by atoms with Crippen molar-refractivity contribution in [3.05, 3.63) is 70.2 Å². The highest BCUT2D eigenvalue weighted by atomic mass is 32.1. The van der Waals surface area contributed by atoms with Crippen LogP contribution >= 0.6 is 11.3 Å². The smallest absolute Gasteiger partial charge is 0.0798 e. The summed E-state index contributed by atoms with van der Waals surface area (Å²) >= 11 is 1.75. The highest BCUT2D eigenvalue weighted by Crippen LogP contribution is 2.25. The maximum Gasteiger partial charge on any atom is 0.0798 e. The molecule has 0 aromatic carbocycles. The van der Waals surface area contributed by atoms with Crippen LogP contribution in [0.25, 0.3) is 0 Å². The van der Waals surface area contributed by atoms with Crippen LogP contribution in [0.1, 0.15) is 27.9 Å². The zero-order chi connectivity index (χ0) is 17.1. The van der Waals surface area contributed by atoms with Crippen molar-refractivity contribution >= 4 is 11.3 Å². The molecule has 3 aromatic heterocycles. The van der Waals surface area contributed by atoms with Crippen molar-refractivity contribution in [1.29, 1.82) is 0 Å². The molecule has 0 amide bonds. The molecule has 1 atom stereocenters. The van der Waals surface area contributed by atoms with Crippen LogP contribution in [0.4, 0.5) is 0 Å². The zero-order valence-electron chi connectivity index (χ0n) is 14.3. The second-order valence-corrected chi connectivity index (χ2v) is 7.40. The third-order valence-electron chi connectivity index (χ3n) is 4.66. The number of hydrogen-bond acceptors (Lipinski definition) is 5. The summed E-state index contributed by atoms with van der Waals surface area (Å²) in [6.07, 6.45) is 5.79. The molecule has 0 fully saturated rings. The van der Waals surface area contributed by atoms with E-state index in [4.69, 9.17) is 4.74 Å². The lowest BCUT2D eigenvalue weighted by Crippen LogP contribution is -2.38. The first-order valence-electron chi connectivity index (χ1n) is 8.53. The van der Waals surface area contributed by atoms with Crippen molar-refractivity contribution in [2.75, 3.05) is 13.2 Å². The lowest BCUT2D eigenvalue weighted by atomic mass is 10.2. The molecule has 0 spiro atoms. The molecule has 25 heavy (non-hydrogen) atoms. The van der Waals surface area contributed by atoms with Crippen LogP contribution in [-0.2, 0) is 24.4 Å². The maximum atomic E-state index is 6.01. The van der Waals surface area contributed by atoms with Crippen LogP contribution in [0, 0.1) is 6.92 Å². The molecule has 1 aliphatic heterocycles. The molecular formula is C19H22N4OS. The van der Waals surface area contributed by atoms with E-state index in [9.17, 15) is 0 Å². The van der Waals surface area contributed by atoms with Crippen molar-refractivity contribution in [2.24, 2.45) is 0 Å². The van der Waals surface area contributed by atoms with Crippen molar-refractivity contribution in [3.8, 4) is 0 Å². The van der Waals surface area contributed by atoms with Crippen molar-refractivity contribution < 1.29 is 4.74 Å². The zero-order valence-corrected chi connectivity index (χ0v) is 15.2. The number of aromatic nitrogens is 3. The highest BCUT2D eigenvalue weighted by Gasteiger charge is 2.25. The Morgan fingerprint density at radius 3 is 2.96 bits per heavy atom. The first-order chi connectivity index (χ1) is 12.3. The van der Waals surface area contributed by atoms with Crippen molar-refractivity contribution in [2.45, 2.75) is 32.7 Å². The minimum Gasteiger partial charge on any atom is -0.375 e. The molecule has 0 saturated heterocycles. The summed E-state index contributed by atoms with van der Waals surface area (Å²) in [5, 5.41) is 0. The first kappa shape index (κ1) is 16.4. The van der Waals surface area contributed by atoms with Gasteiger partial charge in [0.25, 0.3) is 0 Å². The Morgan fingerprint density at radius 2 is 2.16 bits per heavy atom. The van der Waals surface area contributed by atoms with Gasteiger partial charge < -0.3 is 9.30 Å². The number of pyridine rings is 1. The molecule has 0 N–H and O–H groups in total. The largest absolute Gasteiger partial charge is 0.375 e. The second kappa shape index (κ2) is 7.47. The van der Waals surface area contributed by atoms with E-state index in [2.05, 4.69) is 44.7 Å². The maximum absolute atomic E-state index is 6.01. The third kappa shape index (κ3) is 3.81. The quantitative estimate of drug-likeness (QED) is 0.680. The van der Waals surface area contributed by atoms with Gasteiger partial charge in [-0.1, -0.05) is 0 Å². The van der Waals surface area contributed by atoms with Crippen LogP contribution in [0.15, 0.2) is 48.4 Å². The Balaban J connectivity index is 1.41. The molecule has 130 valence electrons. The van der Waals surface area contributed by atoms with E-state index in [1.54, 1.807) is 11.3 Å². The molecular weight excluding hydrogens is 332 g/mol. The number of aryl methyl sites for hydroxylation is 1. The Morgan fingerprint density at radius 1 is 1.28 bits per heavy atom. The second-order valence-electron chi connectivity index (χ2n) is 6.46. The Hall–Kier alpha value is -2.02. The fraction of sp³-hybridized carbons (Fsp3) is 0.368. The van der Waals surface area contributed by atoms with E-state index < -0.39 is 0 Å². The van der Waals surface area contributed by atoms with Crippen LogP contribution in [0.2, 0.25) is 0 Å². The monoisotopic (exact) mass is 354 g/mol. The van der Waals surface area contributed by atoms with E-state index in [1.165, 1.54) is 10.6 Å². The number of hydrogen-bond donors (Lipinski definition) is 0. The Kier molecular flexibility index (Phi) is 4.92. The van der Waals surface area contributed by atoms with Crippen molar-refractivity contribution in [1.82, 2.24) is 19.4 Å². The van der Waals surface area contributed by atoms with Crippen LogP contribution < -0.4 is 0 Å². The summed E-state index contributed by atoms with van der Waals surface area (Å²) in [6.45, 7) is 6.36. The summed E-state index contributed by atoms with van der Waals surface area (Å²) in [4.78, 5) is 12.3. The standard InChI is InChI=1S/C19H22N4OS/c1-15-19(25-14-21-15)11-22-9-17-3-2-8-23(17)18(10-22)13-24-12-16-4-6-20-7-5-16/h2-8,14,18H,9-13H2,1H3/t18-/m1/s1. The third-order valence-corrected chi connectivity index (χ3v) is 5.58. The average molecular weight is 354 g/mol. The average Bonchev–Trinajstić information content (AvgIpc) is 3.25. The lowest BCUT2D eigenvalue weighted by Gasteiger charge is -2.34. The summed E-state index contributed by atoms with van der Waals surface area (Å²) in [5.41, 5.74) is 5.60. The minimum atomic E-state index is 0.341. The van der Waals surface area contributed by atoms with E-state index in [0.29, 0.717) is 19.3 Å². The van der Waals surface area contributed by atoms with Gasteiger partial charge in [-0.2, -0.15) is 0 Å². The molecule has 0 aliphatic carbocycles. The van der Waals surface area contributed by atoms with Crippen LogP contribution in [0.5, 0.6) is 0 Å². The predicted octanol–water partition coefficient (Wildman–Crippen LogP) is 3.42. The molecule has 5 nitrogen and oxygen atoms in total. The molecule has 0 bridgehead atoms. The van der Waals surface area contributed by atoms with E-state index in [-0.39, 0.29) is 0 Å². The van der Waals surface area contributed by atoms with Gasteiger partial charge in [-0.25, -0.2) is 4.98 Å². The first-order valence-corrected chi connectivity index (χ1v) is 9.41. The number of fused-ring (bicyclic) bond motifs is 1. The van der Waals surface area contributed by atoms with Gasteiger partial charge in [0.15, 0.2) is 0 Å². The fourth-order valence-electron chi connectivity index (χ4n) is 3.33. The summed E-state index contributed by atoms with van der Waals surface area (Å²) in [5.74, 6) is 0. The van der Waals surface area contributed by atoms with Gasteiger partial charge in [0.2, 0.25) is 0 Å². The Bertz CT molecular complexity index is 814. The molecule has 4 heterocycles.